The van der Waals surface area contributed by atoms with E-state index in [9.17, 15) is 14.4 Å². The van der Waals surface area contributed by atoms with Gasteiger partial charge >= 0.3 is 12.1 Å². The number of carbonyl (C=O) groups is 3. The van der Waals surface area contributed by atoms with E-state index in [1.165, 1.54) is 0 Å². The highest BCUT2D eigenvalue weighted by molar-refractivity contribution is 5.91. The maximum absolute atomic E-state index is 14.6. The molecule has 264 valence electrons. The standard InChI is InChI=1S/C37H54N4O7/c1-9-24-29-21-41(30(24)34(43)48-37(5,6)7)33(42)31(36(2,3)4)40-35(44)47-28-17-13-15-22(28)14-11-10-12-16-26-32(46-29)39-27-20-23(45-8)18-19-25(27)38-26/h18-20,22,24,28-31H,9-17,21H2,1-8H3,(H,40,44)/t22-,24-,28-,29+,30+,31-/m1/s1. The molecule has 1 saturated carbocycles. The summed E-state index contributed by atoms with van der Waals surface area (Å²) in [4.78, 5) is 53.4. The Morgan fingerprint density at radius 3 is 2.40 bits per heavy atom. The van der Waals surface area contributed by atoms with Crippen LogP contribution in [0.15, 0.2) is 18.2 Å². The van der Waals surface area contributed by atoms with Gasteiger partial charge in [-0.05, 0) is 89.2 Å². The highest BCUT2D eigenvalue weighted by Gasteiger charge is 2.52. The molecule has 3 aliphatic rings. The number of aryl methyl sites for hydroxylation is 1. The molecule has 2 aliphatic heterocycles. The van der Waals surface area contributed by atoms with E-state index in [0.29, 0.717) is 30.0 Å². The third kappa shape index (κ3) is 8.14. The Morgan fingerprint density at radius 1 is 0.958 bits per heavy atom. The number of methoxy groups -OCH3 is 1. The zero-order valence-corrected chi connectivity index (χ0v) is 30.0. The number of benzene rings is 1. The first-order chi connectivity index (χ1) is 22.7. The third-order valence-electron chi connectivity index (χ3n) is 9.88. The van der Waals surface area contributed by atoms with Gasteiger partial charge in [-0.3, -0.25) is 4.79 Å². The zero-order valence-electron chi connectivity index (χ0n) is 30.0. The number of aromatic nitrogens is 2. The summed E-state index contributed by atoms with van der Waals surface area (Å²) in [7, 11) is 1.61. The summed E-state index contributed by atoms with van der Waals surface area (Å²) in [6.45, 7) is 13.2. The van der Waals surface area contributed by atoms with Gasteiger partial charge in [-0.25, -0.2) is 19.6 Å². The van der Waals surface area contributed by atoms with E-state index in [4.69, 9.17) is 28.9 Å². The summed E-state index contributed by atoms with van der Waals surface area (Å²) in [5.74, 6) is 0.0806. The molecule has 0 spiro atoms. The lowest BCUT2D eigenvalue weighted by Crippen LogP contribution is -2.58. The first kappa shape index (κ1) is 35.7. The van der Waals surface area contributed by atoms with E-state index in [2.05, 4.69) is 5.32 Å². The Labute approximate surface area is 284 Å². The summed E-state index contributed by atoms with van der Waals surface area (Å²) in [6.07, 6.45) is 6.57. The van der Waals surface area contributed by atoms with Crippen LogP contribution >= 0.6 is 0 Å². The molecule has 1 aliphatic carbocycles. The van der Waals surface area contributed by atoms with E-state index in [0.717, 1.165) is 56.2 Å². The van der Waals surface area contributed by atoms with Crippen molar-refractivity contribution in [2.24, 2.45) is 17.3 Å². The fourth-order valence-electron chi connectivity index (χ4n) is 7.43. The van der Waals surface area contributed by atoms with Crippen molar-refractivity contribution in [3.63, 3.8) is 0 Å². The number of amides is 2. The predicted octanol–water partition coefficient (Wildman–Crippen LogP) is 6.39. The molecule has 3 heterocycles. The van der Waals surface area contributed by atoms with Gasteiger partial charge in [-0.1, -0.05) is 40.5 Å². The van der Waals surface area contributed by atoms with Crippen molar-refractivity contribution in [1.29, 1.82) is 0 Å². The zero-order chi connectivity index (χ0) is 34.8. The Morgan fingerprint density at radius 2 is 1.71 bits per heavy atom. The summed E-state index contributed by atoms with van der Waals surface area (Å²) in [5, 5.41) is 2.91. The number of hydrogen-bond acceptors (Lipinski definition) is 9. The smallest absolute Gasteiger partial charge is 0.408 e. The minimum atomic E-state index is -0.951. The second-order valence-corrected chi connectivity index (χ2v) is 15.7. The molecule has 48 heavy (non-hydrogen) atoms. The lowest BCUT2D eigenvalue weighted by atomic mass is 9.85. The third-order valence-corrected chi connectivity index (χ3v) is 9.88. The number of nitrogens with zero attached hydrogens (tertiary/aromatic N) is 3. The van der Waals surface area contributed by atoms with Crippen molar-refractivity contribution in [1.82, 2.24) is 20.2 Å². The molecule has 2 amide bonds. The van der Waals surface area contributed by atoms with Gasteiger partial charge in [0, 0.05) is 12.0 Å². The van der Waals surface area contributed by atoms with Crippen LogP contribution in [-0.4, -0.2) is 76.4 Å². The van der Waals surface area contributed by atoms with Gasteiger partial charge < -0.3 is 29.2 Å². The minimum absolute atomic E-state index is 0.118. The van der Waals surface area contributed by atoms with E-state index in [-0.39, 0.29) is 24.5 Å². The van der Waals surface area contributed by atoms with Crippen LogP contribution in [0, 0.1) is 17.3 Å². The van der Waals surface area contributed by atoms with Crippen molar-refractivity contribution < 1.29 is 33.3 Å². The van der Waals surface area contributed by atoms with Crippen molar-refractivity contribution in [2.75, 3.05) is 13.7 Å². The van der Waals surface area contributed by atoms with Crippen LogP contribution in [0.25, 0.3) is 11.0 Å². The number of esters is 1. The van der Waals surface area contributed by atoms with E-state index < -0.39 is 47.2 Å². The molecule has 6 atom stereocenters. The lowest BCUT2D eigenvalue weighted by Gasteiger charge is -2.36. The fraction of sp³-hybridized carbons (Fsp3) is 0.703. The summed E-state index contributed by atoms with van der Waals surface area (Å²) in [6, 6.07) is 3.73. The predicted molar refractivity (Wildman–Crippen MR) is 182 cm³/mol. The van der Waals surface area contributed by atoms with Crippen molar-refractivity contribution >= 4 is 29.0 Å². The number of carbonyl (C=O) groups excluding carboxylic acids is 3. The Balaban J connectivity index is 1.58. The van der Waals surface area contributed by atoms with Gasteiger partial charge in [-0.2, -0.15) is 0 Å². The van der Waals surface area contributed by atoms with Gasteiger partial charge in [0.2, 0.25) is 11.8 Å². The van der Waals surface area contributed by atoms with Gasteiger partial charge in [0.1, 0.15) is 41.3 Å². The maximum atomic E-state index is 14.6. The molecule has 0 radical (unpaired) electrons. The molecule has 1 N–H and O–H groups in total. The largest absolute Gasteiger partial charge is 0.497 e. The number of rotatable bonds is 3. The summed E-state index contributed by atoms with van der Waals surface area (Å²) < 4.78 is 24.1. The van der Waals surface area contributed by atoms with Crippen molar-refractivity contribution in [2.45, 2.75) is 136 Å². The maximum Gasteiger partial charge on any atom is 0.408 e. The Kier molecular flexibility index (Phi) is 10.7. The van der Waals surface area contributed by atoms with Crippen LogP contribution in [0.5, 0.6) is 11.6 Å². The Bertz CT molecular complexity index is 1480. The second kappa shape index (κ2) is 14.5. The normalized spacial score (nSPS) is 27.5. The highest BCUT2D eigenvalue weighted by atomic mass is 16.6. The topological polar surface area (TPSA) is 129 Å². The van der Waals surface area contributed by atoms with Gasteiger partial charge in [0.05, 0.1) is 24.7 Å². The molecule has 11 nitrogen and oxygen atoms in total. The minimum Gasteiger partial charge on any atom is -0.497 e. The molecule has 0 unspecified atom stereocenters. The van der Waals surface area contributed by atoms with Crippen LogP contribution in [0.3, 0.4) is 0 Å². The van der Waals surface area contributed by atoms with Gasteiger partial charge in [0.15, 0.2) is 0 Å². The molecular weight excluding hydrogens is 612 g/mol. The summed E-state index contributed by atoms with van der Waals surface area (Å²) >= 11 is 0. The molecule has 2 aromatic rings. The lowest BCUT2D eigenvalue weighted by molar-refractivity contribution is -0.165. The average molecular weight is 667 g/mol. The van der Waals surface area contributed by atoms with Crippen molar-refractivity contribution in [3.05, 3.63) is 23.9 Å². The molecule has 1 saturated heterocycles. The SMILES string of the molecule is CC[C@@H]1[C@@H]2CN(C(=O)[C@H](C(C)(C)C)NC(=O)O[C@@H]3CCC[C@H]3CCCCCc3nc4ccc(OC)cc4nc3O2)[C@@H]1C(=O)OC(C)(C)C. The quantitative estimate of drug-likeness (QED) is 0.371. The van der Waals surface area contributed by atoms with E-state index in [1.54, 1.807) is 12.0 Å². The first-order valence-corrected chi connectivity index (χ1v) is 17.7. The fourth-order valence-corrected chi connectivity index (χ4v) is 7.43. The molecule has 5 rings (SSSR count). The van der Waals surface area contributed by atoms with Crippen LogP contribution in [-0.2, 0) is 25.5 Å². The highest BCUT2D eigenvalue weighted by Crippen LogP contribution is 2.37. The molecule has 11 heteroatoms. The number of hydrogen-bond donors (Lipinski definition) is 1. The van der Waals surface area contributed by atoms with Crippen LogP contribution in [0.2, 0.25) is 0 Å². The van der Waals surface area contributed by atoms with Crippen LogP contribution < -0.4 is 14.8 Å². The molecular formula is C37H54N4O7. The average Bonchev–Trinajstić information content (AvgIpc) is 3.61. The van der Waals surface area contributed by atoms with Crippen LogP contribution in [0.4, 0.5) is 4.79 Å². The van der Waals surface area contributed by atoms with Crippen molar-refractivity contribution in [3.8, 4) is 11.6 Å². The first-order valence-electron chi connectivity index (χ1n) is 17.7. The molecule has 2 fully saturated rings. The van der Waals surface area contributed by atoms with E-state index in [1.807, 2.05) is 66.7 Å². The van der Waals surface area contributed by atoms with Gasteiger partial charge in [-0.15, -0.1) is 0 Å². The van der Waals surface area contributed by atoms with Gasteiger partial charge in [0.25, 0.3) is 0 Å². The van der Waals surface area contributed by atoms with E-state index >= 15 is 0 Å². The number of ether oxygens (including phenoxy) is 4. The number of nitrogens with one attached hydrogen (secondary N) is 1. The number of fused-ring (bicyclic) bond motifs is 5. The Hall–Kier alpha value is -3.63. The second-order valence-electron chi connectivity index (χ2n) is 15.7. The summed E-state index contributed by atoms with van der Waals surface area (Å²) in [5.41, 5.74) is 0.692. The molecule has 2 bridgehead atoms. The van der Waals surface area contributed by atoms with Crippen LogP contribution in [0.1, 0.15) is 106 Å². The number of alkyl carbamates (subject to hydrolysis) is 1. The molecule has 1 aromatic heterocycles. The monoisotopic (exact) mass is 666 g/mol. The molecule has 1 aromatic carbocycles.